The van der Waals surface area contributed by atoms with Crippen molar-refractivity contribution in [1.29, 1.82) is 0 Å². The molecular weight excluding hydrogens is 169 g/mol. The zero-order valence-corrected chi connectivity index (χ0v) is 7.75. The summed E-state index contributed by atoms with van der Waals surface area (Å²) in [6.45, 7) is 0.756. The number of rotatable bonds is 2. The van der Waals surface area contributed by atoms with Gasteiger partial charge in [0.15, 0.2) is 0 Å². The lowest BCUT2D eigenvalue weighted by atomic mass is 10.1. The molecule has 1 aliphatic heterocycles. The lowest BCUT2D eigenvalue weighted by Gasteiger charge is -2.16. The summed E-state index contributed by atoms with van der Waals surface area (Å²) in [5.74, 6) is -0.201. The Balaban J connectivity index is 2.41. The maximum atomic E-state index is 12.9. The third-order valence-corrected chi connectivity index (χ3v) is 2.15. The van der Waals surface area contributed by atoms with E-state index in [9.17, 15) is 4.39 Å². The Bertz CT molecular complexity index is 321. The quantitative estimate of drug-likeness (QED) is 0.648. The number of hydrogen-bond donors (Lipinski definition) is 0. The van der Waals surface area contributed by atoms with Gasteiger partial charge in [0.1, 0.15) is 11.9 Å². The molecule has 1 saturated heterocycles. The molecule has 1 atom stereocenters. The maximum Gasteiger partial charge on any atom is 0.125 e. The van der Waals surface area contributed by atoms with Gasteiger partial charge in [-0.2, -0.15) is 0 Å². The van der Waals surface area contributed by atoms with E-state index in [-0.39, 0.29) is 11.9 Å². The van der Waals surface area contributed by atoms with Crippen LogP contribution in [0.1, 0.15) is 11.7 Å². The predicted molar refractivity (Wildman–Crippen MR) is 49.4 cm³/mol. The van der Waals surface area contributed by atoms with Crippen molar-refractivity contribution in [3.63, 3.8) is 0 Å². The molecule has 1 aromatic rings. The van der Waals surface area contributed by atoms with Crippen LogP contribution in [0.5, 0.6) is 0 Å². The Morgan fingerprint density at radius 3 is 2.69 bits per heavy atom. The molecule has 0 unspecified atom stereocenters. The van der Waals surface area contributed by atoms with Gasteiger partial charge in [-0.15, -0.1) is 0 Å². The summed E-state index contributed by atoms with van der Waals surface area (Å²) in [6, 6.07) is 4.81. The van der Waals surface area contributed by atoms with Gasteiger partial charge in [-0.1, -0.05) is 6.07 Å². The minimum absolute atomic E-state index is 0.179. The van der Waals surface area contributed by atoms with Gasteiger partial charge in [0.05, 0.1) is 6.61 Å². The molecule has 1 aromatic carbocycles. The van der Waals surface area contributed by atoms with E-state index < -0.39 is 0 Å². The number of anilines is 1. The van der Waals surface area contributed by atoms with Crippen LogP contribution in [0.2, 0.25) is 0 Å². The molecule has 0 spiro atoms. The van der Waals surface area contributed by atoms with Crippen molar-refractivity contribution in [2.24, 2.45) is 0 Å². The van der Waals surface area contributed by atoms with E-state index in [0.29, 0.717) is 0 Å². The molecule has 0 bridgehead atoms. The van der Waals surface area contributed by atoms with Gasteiger partial charge in [0.2, 0.25) is 0 Å². The molecule has 0 aliphatic carbocycles. The fourth-order valence-electron chi connectivity index (χ4n) is 1.40. The van der Waals surface area contributed by atoms with Crippen LogP contribution in [-0.4, -0.2) is 20.7 Å². The normalized spacial score (nSPS) is 20.1. The average Bonchev–Trinajstić information content (AvgIpc) is 2.87. The summed E-state index contributed by atoms with van der Waals surface area (Å²) in [5.41, 5.74) is 1.98. The van der Waals surface area contributed by atoms with Crippen LogP contribution in [0.3, 0.4) is 0 Å². The van der Waals surface area contributed by atoms with Crippen molar-refractivity contribution in [2.75, 3.05) is 25.6 Å². The smallest absolute Gasteiger partial charge is 0.125 e. The lowest BCUT2D eigenvalue weighted by Crippen LogP contribution is -2.11. The minimum atomic E-state index is -0.201. The standard InChI is InChI=1S/C10H12FNO/c1-12(2)9-5-7(11)3-4-8(9)10-6-13-10/h3-5,10H,6H2,1-2H3/t10-/m0/s1. The molecular formula is C10H12FNO. The highest BCUT2D eigenvalue weighted by Crippen LogP contribution is 2.36. The number of epoxide rings is 1. The molecule has 0 amide bonds. The van der Waals surface area contributed by atoms with Crippen LogP contribution >= 0.6 is 0 Å². The van der Waals surface area contributed by atoms with Crippen molar-refractivity contribution in [1.82, 2.24) is 0 Å². The van der Waals surface area contributed by atoms with Gasteiger partial charge in [-0.05, 0) is 12.1 Å². The first-order valence-electron chi connectivity index (χ1n) is 4.27. The van der Waals surface area contributed by atoms with Crippen molar-refractivity contribution in [2.45, 2.75) is 6.10 Å². The van der Waals surface area contributed by atoms with Gasteiger partial charge < -0.3 is 9.64 Å². The van der Waals surface area contributed by atoms with E-state index in [1.54, 1.807) is 6.07 Å². The summed E-state index contributed by atoms with van der Waals surface area (Å²) < 4.78 is 18.1. The topological polar surface area (TPSA) is 15.8 Å². The van der Waals surface area contributed by atoms with Crippen molar-refractivity contribution < 1.29 is 9.13 Å². The summed E-state index contributed by atoms with van der Waals surface area (Å²) >= 11 is 0. The van der Waals surface area contributed by atoms with E-state index in [1.165, 1.54) is 12.1 Å². The average molecular weight is 181 g/mol. The maximum absolute atomic E-state index is 12.9. The Morgan fingerprint density at radius 2 is 2.15 bits per heavy atom. The molecule has 13 heavy (non-hydrogen) atoms. The van der Waals surface area contributed by atoms with Crippen LogP contribution in [0.25, 0.3) is 0 Å². The highest BCUT2D eigenvalue weighted by Gasteiger charge is 2.27. The SMILES string of the molecule is CN(C)c1cc(F)ccc1[C@@H]1CO1. The Morgan fingerprint density at radius 1 is 1.46 bits per heavy atom. The Kier molecular flexibility index (Phi) is 1.96. The van der Waals surface area contributed by atoms with Crippen molar-refractivity contribution >= 4 is 5.69 Å². The highest BCUT2D eigenvalue weighted by atomic mass is 19.1. The number of hydrogen-bond acceptors (Lipinski definition) is 2. The summed E-state index contributed by atoms with van der Waals surface area (Å²) in [5, 5.41) is 0. The lowest BCUT2D eigenvalue weighted by molar-refractivity contribution is 0.415. The number of ether oxygens (including phenoxy) is 1. The van der Waals surface area contributed by atoms with Gasteiger partial charge in [-0.3, -0.25) is 0 Å². The molecule has 0 aromatic heterocycles. The van der Waals surface area contributed by atoms with Crippen LogP contribution in [0.4, 0.5) is 10.1 Å². The molecule has 1 fully saturated rings. The van der Waals surface area contributed by atoms with Crippen LogP contribution in [0.15, 0.2) is 18.2 Å². The molecule has 1 aliphatic rings. The summed E-state index contributed by atoms with van der Waals surface area (Å²) in [7, 11) is 3.81. The first-order valence-corrected chi connectivity index (χ1v) is 4.27. The van der Waals surface area contributed by atoms with Crippen molar-refractivity contribution in [3.05, 3.63) is 29.6 Å². The third kappa shape index (κ3) is 1.65. The minimum Gasteiger partial charge on any atom is -0.377 e. The number of halogens is 1. The van der Waals surface area contributed by atoms with E-state index >= 15 is 0 Å². The fraction of sp³-hybridized carbons (Fsp3) is 0.400. The monoisotopic (exact) mass is 181 g/mol. The zero-order chi connectivity index (χ0) is 9.42. The number of nitrogens with zero attached hydrogens (tertiary/aromatic N) is 1. The molecule has 70 valence electrons. The molecule has 2 nitrogen and oxygen atoms in total. The van der Waals surface area contributed by atoms with Gasteiger partial charge >= 0.3 is 0 Å². The highest BCUT2D eigenvalue weighted by molar-refractivity contribution is 5.54. The Hall–Kier alpha value is -1.09. The molecule has 0 radical (unpaired) electrons. The zero-order valence-electron chi connectivity index (χ0n) is 7.75. The molecule has 2 rings (SSSR count). The second kappa shape index (κ2) is 3.00. The number of benzene rings is 1. The van der Waals surface area contributed by atoms with E-state index in [4.69, 9.17) is 4.74 Å². The molecule has 3 heteroatoms. The van der Waals surface area contributed by atoms with Gasteiger partial charge in [0, 0.05) is 25.3 Å². The molecule has 1 heterocycles. The molecule has 0 saturated carbocycles. The van der Waals surface area contributed by atoms with Gasteiger partial charge in [-0.25, -0.2) is 4.39 Å². The summed E-state index contributed by atoms with van der Waals surface area (Å²) in [6.07, 6.45) is 0.179. The van der Waals surface area contributed by atoms with Crippen LogP contribution in [0, 0.1) is 5.82 Å². The second-order valence-electron chi connectivity index (χ2n) is 3.42. The van der Waals surface area contributed by atoms with E-state index in [2.05, 4.69) is 0 Å². The largest absolute Gasteiger partial charge is 0.377 e. The first-order chi connectivity index (χ1) is 6.18. The third-order valence-electron chi connectivity index (χ3n) is 2.15. The molecule has 0 N–H and O–H groups in total. The summed E-state index contributed by atoms with van der Waals surface area (Å²) in [4.78, 5) is 1.90. The van der Waals surface area contributed by atoms with E-state index in [1.807, 2.05) is 19.0 Å². The van der Waals surface area contributed by atoms with Gasteiger partial charge in [0.25, 0.3) is 0 Å². The van der Waals surface area contributed by atoms with Crippen LogP contribution < -0.4 is 4.90 Å². The Labute approximate surface area is 76.9 Å². The second-order valence-corrected chi connectivity index (χ2v) is 3.42. The predicted octanol–water partition coefficient (Wildman–Crippen LogP) is 1.96. The van der Waals surface area contributed by atoms with Crippen molar-refractivity contribution in [3.8, 4) is 0 Å². The van der Waals surface area contributed by atoms with E-state index in [0.717, 1.165) is 17.9 Å². The first kappa shape index (κ1) is 8.51. The van der Waals surface area contributed by atoms with Crippen LogP contribution in [-0.2, 0) is 4.74 Å². The fourth-order valence-corrected chi connectivity index (χ4v) is 1.40.